The third kappa shape index (κ3) is 3.40. The zero-order valence-corrected chi connectivity index (χ0v) is 10.5. The van der Waals surface area contributed by atoms with Crippen LogP contribution in [-0.4, -0.2) is 17.0 Å². The maximum absolute atomic E-state index is 10.5. The number of hydrogen-bond acceptors (Lipinski definition) is 3. The zero-order valence-electron chi connectivity index (χ0n) is 10.5. The molecule has 0 radical (unpaired) electrons. The van der Waals surface area contributed by atoms with Crippen LogP contribution in [0.2, 0.25) is 0 Å². The molecule has 2 rings (SSSR count). The molecule has 1 saturated heterocycles. The highest BCUT2D eigenvalue weighted by molar-refractivity contribution is 5.52. The minimum atomic E-state index is -0.377. The first-order valence-corrected chi connectivity index (χ1v) is 6.34. The molecular formula is C14H18N2O2. The van der Waals surface area contributed by atoms with Crippen molar-refractivity contribution in [2.45, 2.75) is 38.3 Å². The number of benzene rings is 1. The average Bonchev–Trinajstić information content (AvgIpc) is 2.37. The smallest absolute Gasteiger partial charge is 0.269 e. The Kier molecular flexibility index (Phi) is 4.10. The van der Waals surface area contributed by atoms with Crippen LogP contribution in [0, 0.1) is 10.1 Å². The van der Waals surface area contributed by atoms with E-state index >= 15 is 0 Å². The molecular weight excluding hydrogens is 228 g/mol. The maximum Gasteiger partial charge on any atom is 0.269 e. The highest BCUT2D eigenvalue weighted by atomic mass is 16.6. The summed E-state index contributed by atoms with van der Waals surface area (Å²) >= 11 is 0. The third-order valence-corrected chi connectivity index (χ3v) is 3.28. The van der Waals surface area contributed by atoms with E-state index in [9.17, 15) is 10.1 Å². The highest BCUT2D eigenvalue weighted by Gasteiger charge is 2.14. The van der Waals surface area contributed by atoms with Gasteiger partial charge in [0, 0.05) is 24.2 Å². The summed E-state index contributed by atoms with van der Waals surface area (Å²) in [5.41, 5.74) is 1.14. The number of nitro groups is 1. The van der Waals surface area contributed by atoms with E-state index in [1.165, 1.54) is 25.0 Å². The fourth-order valence-electron chi connectivity index (χ4n) is 2.26. The van der Waals surface area contributed by atoms with Gasteiger partial charge in [-0.3, -0.25) is 10.1 Å². The van der Waals surface area contributed by atoms with Crippen LogP contribution in [0.25, 0.3) is 6.08 Å². The molecule has 0 bridgehead atoms. The number of non-ortho nitro benzene ring substituents is 1. The number of nitrogens with one attached hydrogen (secondary N) is 1. The van der Waals surface area contributed by atoms with Crippen molar-refractivity contribution in [1.29, 1.82) is 0 Å². The lowest BCUT2D eigenvalue weighted by Crippen LogP contribution is -2.39. The zero-order chi connectivity index (χ0) is 13.0. The van der Waals surface area contributed by atoms with Crippen LogP contribution in [0.3, 0.4) is 0 Å². The van der Waals surface area contributed by atoms with Crippen molar-refractivity contribution in [3.63, 3.8) is 0 Å². The SMILES string of the molecule is CC1CCCC(/C=C/c2ccc([N+](=O)[O-])cc2)N1. The first-order valence-electron chi connectivity index (χ1n) is 6.34. The molecule has 96 valence electrons. The molecule has 2 atom stereocenters. The standard InChI is InChI=1S/C14H18N2O2/c1-11-3-2-4-13(15-11)8-5-12-6-9-14(10-7-12)16(17)18/h5-11,13,15H,2-4H2,1H3/b8-5+. The van der Waals surface area contributed by atoms with Gasteiger partial charge >= 0.3 is 0 Å². The van der Waals surface area contributed by atoms with Crippen LogP contribution >= 0.6 is 0 Å². The molecule has 1 N–H and O–H groups in total. The molecule has 18 heavy (non-hydrogen) atoms. The van der Waals surface area contributed by atoms with Crippen molar-refractivity contribution in [3.8, 4) is 0 Å². The molecule has 0 aromatic heterocycles. The van der Waals surface area contributed by atoms with Crippen LogP contribution in [0.15, 0.2) is 30.3 Å². The predicted molar refractivity (Wildman–Crippen MR) is 72.4 cm³/mol. The van der Waals surface area contributed by atoms with Crippen molar-refractivity contribution in [1.82, 2.24) is 5.32 Å². The van der Waals surface area contributed by atoms with E-state index in [0.29, 0.717) is 12.1 Å². The molecule has 0 spiro atoms. The van der Waals surface area contributed by atoms with E-state index in [0.717, 1.165) is 12.0 Å². The first-order chi connectivity index (χ1) is 8.65. The Hall–Kier alpha value is -1.68. The number of nitrogens with zero attached hydrogens (tertiary/aromatic N) is 1. The third-order valence-electron chi connectivity index (χ3n) is 3.28. The summed E-state index contributed by atoms with van der Waals surface area (Å²) < 4.78 is 0. The fourth-order valence-corrected chi connectivity index (χ4v) is 2.26. The minimum Gasteiger partial charge on any atom is -0.308 e. The number of piperidine rings is 1. The summed E-state index contributed by atoms with van der Waals surface area (Å²) in [6, 6.07) is 7.63. The van der Waals surface area contributed by atoms with Gasteiger partial charge in [-0.05, 0) is 37.5 Å². The average molecular weight is 246 g/mol. The molecule has 4 heteroatoms. The minimum absolute atomic E-state index is 0.136. The van der Waals surface area contributed by atoms with Gasteiger partial charge in [-0.25, -0.2) is 0 Å². The van der Waals surface area contributed by atoms with E-state index in [1.54, 1.807) is 12.1 Å². The molecule has 1 heterocycles. The Labute approximate surface area is 107 Å². The lowest BCUT2D eigenvalue weighted by molar-refractivity contribution is -0.384. The van der Waals surface area contributed by atoms with Crippen molar-refractivity contribution in [3.05, 3.63) is 46.0 Å². The Morgan fingerprint density at radius 2 is 2.06 bits per heavy atom. The molecule has 0 amide bonds. The molecule has 0 saturated carbocycles. The summed E-state index contributed by atoms with van der Waals surface area (Å²) in [7, 11) is 0. The quantitative estimate of drug-likeness (QED) is 0.658. The Morgan fingerprint density at radius 1 is 1.33 bits per heavy atom. The van der Waals surface area contributed by atoms with E-state index in [2.05, 4.69) is 18.3 Å². The normalized spacial score (nSPS) is 24.3. The molecule has 1 aromatic rings. The van der Waals surface area contributed by atoms with E-state index in [1.807, 2.05) is 6.08 Å². The molecule has 2 unspecified atom stereocenters. The van der Waals surface area contributed by atoms with Crippen LogP contribution in [0.1, 0.15) is 31.7 Å². The second kappa shape index (κ2) is 5.78. The molecule has 0 aliphatic carbocycles. The van der Waals surface area contributed by atoms with Crippen molar-refractivity contribution < 1.29 is 4.92 Å². The summed E-state index contributed by atoms with van der Waals surface area (Å²) in [5, 5.41) is 14.1. The monoisotopic (exact) mass is 246 g/mol. The first kappa shape index (κ1) is 12.8. The molecule has 1 aromatic carbocycles. The molecule has 4 nitrogen and oxygen atoms in total. The van der Waals surface area contributed by atoms with Crippen LogP contribution in [0.5, 0.6) is 0 Å². The van der Waals surface area contributed by atoms with Crippen molar-refractivity contribution >= 4 is 11.8 Å². The van der Waals surface area contributed by atoms with Gasteiger partial charge in [-0.2, -0.15) is 0 Å². The predicted octanol–water partition coefficient (Wildman–Crippen LogP) is 3.14. The molecule has 1 aliphatic rings. The largest absolute Gasteiger partial charge is 0.308 e. The van der Waals surface area contributed by atoms with Gasteiger partial charge < -0.3 is 5.32 Å². The lowest BCUT2D eigenvalue weighted by atomic mass is 9.99. The summed E-state index contributed by atoms with van der Waals surface area (Å²) in [6.45, 7) is 2.20. The summed E-state index contributed by atoms with van der Waals surface area (Å²) in [6.07, 6.45) is 7.83. The van der Waals surface area contributed by atoms with Gasteiger partial charge in [0.1, 0.15) is 0 Å². The Balaban J connectivity index is 1.98. The maximum atomic E-state index is 10.5. The van der Waals surface area contributed by atoms with E-state index < -0.39 is 0 Å². The van der Waals surface area contributed by atoms with Crippen LogP contribution < -0.4 is 5.32 Å². The number of hydrogen-bond donors (Lipinski definition) is 1. The number of nitro benzene ring substituents is 1. The van der Waals surface area contributed by atoms with Crippen molar-refractivity contribution in [2.75, 3.05) is 0 Å². The fraction of sp³-hybridized carbons (Fsp3) is 0.429. The second-order valence-corrected chi connectivity index (χ2v) is 4.81. The van der Waals surface area contributed by atoms with Crippen LogP contribution in [-0.2, 0) is 0 Å². The van der Waals surface area contributed by atoms with Crippen LogP contribution in [0.4, 0.5) is 5.69 Å². The van der Waals surface area contributed by atoms with Gasteiger partial charge in [-0.15, -0.1) is 0 Å². The lowest BCUT2D eigenvalue weighted by Gasteiger charge is -2.26. The Morgan fingerprint density at radius 3 is 2.67 bits per heavy atom. The van der Waals surface area contributed by atoms with Gasteiger partial charge in [0.05, 0.1) is 4.92 Å². The second-order valence-electron chi connectivity index (χ2n) is 4.81. The van der Waals surface area contributed by atoms with Gasteiger partial charge in [0.15, 0.2) is 0 Å². The van der Waals surface area contributed by atoms with Gasteiger partial charge in [-0.1, -0.05) is 18.6 Å². The van der Waals surface area contributed by atoms with E-state index in [4.69, 9.17) is 0 Å². The molecule has 1 fully saturated rings. The Bertz CT molecular complexity index is 440. The summed E-state index contributed by atoms with van der Waals surface area (Å²) in [5.74, 6) is 0. The van der Waals surface area contributed by atoms with Crippen molar-refractivity contribution in [2.24, 2.45) is 0 Å². The van der Waals surface area contributed by atoms with E-state index in [-0.39, 0.29) is 10.6 Å². The number of rotatable bonds is 3. The highest BCUT2D eigenvalue weighted by Crippen LogP contribution is 2.16. The van der Waals surface area contributed by atoms with Gasteiger partial charge in [0.25, 0.3) is 5.69 Å². The molecule has 1 aliphatic heterocycles. The van der Waals surface area contributed by atoms with Gasteiger partial charge in [0.2, 0.25) is 0 Å². The summed E-state index contributed by atoms with van der Waals surface area (Å²) in [4.78, 5) is 10.2. The topological polar surface area (TPSA) is 55.2 Å².